The smallest absolute Gasteiger partial charge is 0.462 e. The Morgan fingerprint density at radius 3 is 0.773 bits per heavy atom. The standard InChI is InChI=1S/C69H134O17P2/c1-8-9-10-11-12-13-14-15-16-20-29-36-43-50-66(71)79-56-64(85-68(73)52-45-38-31-21-18-17-19-26-33-40-47-60(2)3)58-83-87(75,76)81-54-63(70)55-82-88(77,78)84-59-65(86-69(74)53-46-39-32-25-23-28-35-42-49-62(6)7)57-80-67(72)51-44-37-30-24-22-27-34-41-48-61(4)5/h60-65,70H,8-59H2,1-7H3,(H,75,76)(H,77,78)/t63-,64-,65-/m1/s1. The van der Waals surface area contributed by atoms with Gasteiger partial charge in [-0.15, -0.1) is 0 Å². The van der Waals surface area contributed by atoms with Crippen molar-refractivity contribution in [3.05, 3.63) is 0 Å². The van der Waals surface area contributed by atoms with Crippen molar-refractivity contribution in [1.29, 1.82) is 0 Å². The Labute approximate surface area is 537 Å². The molecule has 3 N–H and O–H groups in total. The number of hydrogen-bond donors (Lipinski definition) is 3. The van der Waals surface area contributed by atoms with Crippen LogP contribution in [0.15, 0.2) is 0 Å². The third-order valence-electron chi connectivity index (χ3n) is 15.9. The van der Waals surface area contributed by atoms with E-state index >= 15 is 0 Å². The summed E-state index contributed by atoms with van der Waals surface area (Å²) in [6, 6.07) is 0. The molecule has 5 atom stereocenters. The summed E-state index contributed by atoms with van der Waals surface area (Å²) in [5.41, 5.74) is 0. The number of carbonyl (C=O) groups excluding carboxylic acids is 4. The molecule has 0 aliphatic heterocycles. The van der Waals surface area contributed by atoms with Crippen LogP contribution in [0.5, 0.6) is 0 Å². The van der Waals surface area contributed by atoms with Crippen molar-refractivity contribution in [2.24, 2.45) is 17.8 Å². The van der Waals surface area contributed by atoms with E-state index < -0.39 is 97.5 Å². The van der Waals surface area contributed by atoms with Crippen LogP contribution in [0.3, 0.4) is 0 Å². The lowest BCUT2D eigenvalue weighted by Crippen LogP contribution is -2.30. The highest BCUT2D eigenvalue weighted by Gasteiger charge is 2.30. The van der Waals surface area contributed by atoms with E-state index in [9.17, 15) is 43.2 Å². The number of carbonyl (C=O) groups is 4. The number of unbranched alkanes of at least 4 members (excludes halogenated alkanes) is 35. The van der Waals surface area contributed by atoms with Crippen LogP contribution in [0.1, 0.15) is 344 Å². The molecule has 2 unspecified atom stereocenters. The fourth-order valence-electron chi connectivity index (χ4n) is 10.4. The fourth-order valence-corrected chi connectivity index (χ4v) is 11.9. The van der Waals surface area contributed by atoms with Crippen molar-refractivity contribution < 1.29 is 80.2 Å². The molecule has 0 saturated carbocycles. The van der Waals surface area contributed by atoms with Crippen LogP contribution in [-0.2, 0) is 65.4 Å². The summed E-state index contributed by atoms with van der Waals surface area (Å²) in [4.78, 5) is 72.5. The van der Waals surface area contributed by atoms with Crippen LogP contribution in [0, 0.1) is 17.8 Å². The third kappa shape index (κ3) is 62.8. The first-order valence-electron chi connectivity index (χ1n) is 35.8. The number of aliphatic hydroxyl groups is 1. The lowest BCUT2D eigenvalue weighted by atomic mass is 10.0. The number of phosphoric acid groups is 2. The first kappa shape index (κ1) is 86.1. The number of phosphoric ester groups is 2. The molecule has 0 aliphatic rings. The Morgan fingerprint density at radius 1 is 0.307 bits per heavy atom. The summed E-state index contributed by atoms with van der Waals surface area (Å²) in [7, 11) is -9.90. The van der Waals surface area contributed by atoms with E-state index in [-0.39, 0.29) is 25.7 Å². The Bertz CT molecular complexity index is 1730. The number of rotatable bonds is 67. The van der Waals surface area contributed by atoms with Gasteiger partial charge in [0.05, 0.1) is 26.4 Å². The maximum absolute atomic E-state index is 13.0. The molecule has 0 fully saturated rings. The fraction of sp³-hybridized carbons (Fsp3) is 0.942. The van der Waals surface area contributed by atoms with Gasteiger partial charge in [0.1, 0.15) is 19.3 Å². The Morgan fingerprint density at radius 2 is 0.523 bits per heavy atom. The number of ether oxygens (including phenoxy) is 4. The predicted octanol–water partition coefficient (Wildman–Crippen LogP) is 19.5. The summed E-state index contributed by atoms with van der Waals surface area (Å²) in [6.07, 6.45) is 43.1. The van der Waals surface area contributed by atoms with Gasteiger partial charge in [0.15, 0.2) is 12.2 Å². The minimum Gasteiger partial charge on any atom is -0.462 e. The normalized spacial score (nSPS) is 14.2. The molecule has 522 valence electrons. The Kier molecular flexibility index (Phi) is 58.7. The van der Waals surface area contributed by atoms with Gasteiger partial charge < -0.3 is 33.8 Å². The van der Waals surface area contributed by atoms with Gasteiger partial charge in [0.25, 0.3) is 0 Å². The molecule has 0 spiro atoms. The lowest BCUT2D eigenvalue weighted by Gasteiger charge is -2.21. The number of esters is 4. The molecule has 0 aliphatic carbocycles. The zero-order valence-corrected chi connectivity index (χ0v) is 59.0. The van der Waals surface area contributed by atoms with E-state index in [0.717, 1.165) is 108 Å². The quantitative estimate of drug-likeness (QED) is 0.0222. The first-order chi connectivity index (χ1) is 42.2. The van der Waals surface area contributed by atoms with Crippen molar-refractivity contribution in [3.63, 3.8) is 0 Å². The molecule has 0 aromatic carbocycles. The topological polar surface area (TPSA) is 237 Å². The second-order valence-corrected chi connectivity index (χ2v) is 29.3. The number of aliphatic hydroxyl groups excluding tert-OH is 1. The van der Waals surface area contributed by atoms with Crippen molar-refractivity contribution in [1.82, 2.24) is 0 Å². The van der Waals surface area contributed by atoms with Crippen LogP contribution in [0.25, 0.3) is 0 Å². The highest BCUT2D eigenvalue weighted by molar-refractivity contribution is 7.47. The summed E-state index contributed by atoms with van der Waals surface area (Å²) in [6.45, 7) is 11.8. The van der Waals surface area contributed by atoms with E-state index in [4.69, 9.17) is 37.0 Å². The van der Waals surface area contributed by atoms with Gasteiger partial charge >= 0.3 is 39.5 Å². The second kappa shape index (κ2) is 60.0. The molecular weight excluding hydrogens is 1160 g/mol. The largest absolute Gasteiger partial charge is 0.472 e. The van der Waals surface area contributed by atoms with Crippen LogP contribution >= 0.6 is 15.6 Å². The molecule has 17 nitrogen and oxygen atoms in total. The van der Waals surface area contributed by atoms with Gasteiger partial charge in [-0.1, -0.05) is 292 Å². The number of hydrogen-bond acceptors (Lipinski definition) is 15. The van der Waals surface area contributed by atoms with Crippen molar-refractivity contribution in [2.75, 3.05) is 39.6 Å². The van der Waals surface area contributed by atoms with Crippen molar-refractivity contribution in [2.45, 2.75) is 362 Å². The lowest BCUT2D eigenvalue weighted by molar-refractivity contribution is -0.161. The highest BCUT2D eigenvalue weighted by Crippen LogP contribution is 2.45. The monoisotopic (exact) mass is 1300 g/mol. The molecule has 0 heterocycles. The third-order valence-corrected chi connectivity index (χ3v) is 17.8. The maximum Gasteiger partial charge on any atom is 0.472 e. The van der Waals surface area contributed by atoms with Crippen LogP contribution in [-0.4, -0.2) is 96.7 Å². The average molecular weight is 1300 g/mol. The van der Waals surface area contributed by atoms with Gasteiger partial charge in [-0.05, 0) is 43.4 Å². The molecule has 0 aromatic heterocycles. The van der Waals surface area contributed by atoms with Gasteiger partial charge in [-0.25, -0.2) is 9.13 Å². The molecule has 0 rings (SSSR count). The molecule has 19 heteroatoms. The van der Waals surface area contributed by atoms with Crippen LogP contribution in [0.4, 0.5) is 0 Å². The maximum atomic E-state index is 13.0. The predicted molar refractivity (Wildman–Crippen MR) is 354 cm³/mol. The molecule has 0 aromatic rings. The van der Waals surface area contributed by atoms with E-state index in [2.05, 4.69) is 48.5 Å². The minimum atomic E-state index is -4.95. The molecule has 0 amide bonds. The molecule has 0 bridgehead atoms. The highest BCUT2D eigenvalue weighted by atomic mass is 31.2. The SMILES string of the molecule is CCCCCCCCCCCCCCCC(=O)OC[C@H](COP(=O)(O)OC[C@@H](O)COP(=O)(O)OC[C@@H](COC(=O)CCCCCCCCCCC(C)C)OC(=O)CCCCCCCCCCC(C)C)OC(=O)CCCCCCCCCCCCC(C)C. The van der Waals surface area contributed by atoms with E-state index in [0.29, 0.717) is 25.7 Å². The molecular formula is C69H134O17P2. The van der Waals surface area contributed by atoms with Gasteiger partial charge in [-0.2, -0.15) is 0 Å². The van der Waals surface area contributed by atoms with Crippen molar-refractivity contribution in [3.8, 4) is 0 Å². The first-order valence-corrected chi connectivity index (χ1v) is 38.8. The minimum absolute atomic E-state index is 0.104. The average Bonchev–Trinajstić information content (AvgIpc) is 3.38. The zero-order chi connectivity index (χ0) is 65.2. The van der Waals surface area contributed by atoms with Gasteiger partial charge in [-0.3, -0.25) is 37.3 Å². The second-order valence-electron chi connectivity index (χ2n) is 26.3. The van der Waals surface area contributed by atoms with Crippen LogP contribution in [0.2, 0.25) is 0 Å². The van der Waals surface area contributed by atoms with Gasteiger partial charge in [0.2, 0.25) is 0 Å². The summed E-state index contributed by atoms with van der Waals surface area (Å²) < 4.78 is 68.2. The Balaban J connectivity index is 5.26. The Hall–Kier alpha value is -1.94. The zero-order valence-electron chi connectivity index (χ0n) is 57.2. The van der Waals surface area contributed by atoms with E-state index in [1.54, 1.807) is 0 Å². The van der Waals surface area contributed by atoms with E-state index in [1.165, 1.54) is 154 Å². The van der Waals surface area contributed by atoms with E-state index in [1.807, 2.05) is 0 Å². The summed E-state index contributed by atoms with van der Waals surface area (Å²) >= 11 is 0. The molecule has 88 heavy (non-hydrogen) atoms. The summed E-state index contributed by atoms with van der Waals surface area (Å²) in [5, 5.41) is 10.6. The molecule has 0 saturated heterocycles. The van der Waals surface area contributed by atoms with Crippen molar-refractivity contribution >= 4 is 39.5 Å². The molecule has 0 radical (unpaired) electrons. The van der Waals surface area contributed by atoms with Gasteiger partial charge in [0, 0.05) is 25.7 Å². The summed E-state index contributed by atoms with van der Waals surface area (Å²) in [5.74, 6) is 0.0678. The van der Waals surface area contributed by atoms with Crippen LogP contribution < -0.4 is 0 Å².